The molecule has 0 aliphatic heterocycles. The molecule has 3 aromatic rings. The van der Waals surface area contributed by atoms with Crippen molar-refractivity contribution in [2.75, 3.05) is 11.9 Å². The summed E-state index contributed by atoms with van der Waals surface area (Å²) in [6, 6.07) is 6.04. The fraction of sp³-hybridized carbons (Fsp3) is 0.167. The van der Waals surface area contributed by atoms with Gasteiger partial charge in [-0.2, -0.15) is 0 Å². The maximum absolute atomic E-state index is 12.0. The van der Waals surface area contributed by atoms with Crippen molar-refractivity contribution in [2.45, 2.75) is 13.3 Å². The summed E-state index contributed by atoms with van der Waals surface area (Å²) in [5.41, 5.74) is 1.55. The van der Waals surface area contributed by atoms with E-state index in [1.165, 1.54) is 24.5 Å². The molecule has 1 aromatic carbocycles. The van der Waals surface area contributed by atoms with Gasteiger partial charge in [0, 0.05) is 17.0 Å². The predicted molar refractivity (Wildman–Crippen MR) is 100 cm³/mol. The molecule has 0 aliphatic carbocycles. The first kappa shape index (κ1) is 19.0. The van der Waals surface area contributed by atoms with Gasteiger partial charge in [0.25, 0.3) is 5.91 Å². The number of amides is 1. The fourth-order valence-electron chi connectivity index (χ4n) is 2.38. The van der Waals surface area contributed by atoms with Crippen LogP contribution in [0.5, 0.6) is 5.75 Å². The summed E-state index contributed by atoms with van der Waals surface area (Å²) in [6.45, 7) is 1.18. The zero-order valence-electron chi connectivity index (χ0n) is 14.1. The number of nitrogens with zero attached hydrogens (tertiary/aromatic N) is 1. The fourth-order valence-corrected chi connectivity index (χ4v) is 2.78. The number of fused-ring (bicyclic) bond motifs is 1. The number of pyridine rings is 1. The van der Waals surface area contributed by atoms with Crippen LogP contribution in [0.2, 0.25) is 10.0 Å². The van der Waals surface area contributed by atoms with Crippen molar-refractivity contribution in [3.8, 4) is 5.75 Å². The molecule has 2 aromatic heterocycles. The number of carbonyl (C=O) groups excluding carboxylic acids is 2. The predicted octanol–water partition coefficient (Wildman–Crippen LogP) is 3.87. The minimum Gasteiger partial charge on any atom is -0.508 e. The van der Waals surface area contributed by atoms with Crippen molar-refractivity contribution < 1.29 is 23.8 Å². The minimum atomic E-state index is -0.604. The number of aromatic nitrogens is 1. The topological polar surface area (TPSA) is 102 Å². The molecule has 0 saturated carbocycles. The number of furan rings is 1. The van der Waals surface area contributed by atoms with Crippen molar-refractivity contribution in [1.29, 1.82) is 0 Å². The van der Waals surface area contributed by atoms with Crippen molar-refractivity contribution in [2.24, 2.45) is 0 Å². The third-order valence-corrected chi connectivity index (χ3v) is 4.37. The van der Waals surface area contributed by atoms with Crippen LogP contribution in [0.4, 0.5) is 5.82 Å². The number of anilines is 1. The number of hydrogen-bond acceptors (Lipinski definition) is 6. The number of nitrogens with one attached hydrogen (secondary N) is 1. The number of ether oxygens (including phenoxy) is 1. The Hall–Kier alpha value is -2.77. The Balaban J connectivity index is 1.57. The number of aromatic hydroxyl groups is 1. The summed E-state index contributed by atoms with van der Waals surface area (Å²) in [5.74, 6) is -0.985. The summed E-state index contributed by atoms with van der Waals surface area (Å²) in [6.07, 6.45) is 1.33. The van der Waals surface area contributed by atoms with E-state index in [0.717, 1.165) is 0 Å². The van der Waals surface area contributed by atoms with E-state index in [2.05, 4.69) is 10.3 Å². The standard InChI is InChI=1S/C18H14Cl2N2O5/c1-9-13(19)6-14(20)18(21-9)22-16(24)8-27-17(25)4-10-7-26-15-5-11(23)2-3-12(10)15/h2-3,5-7,23H,4,8H2,1H3,(H,21,22,24). The van der Waals surface area contributed by atoms with Crippen LogP contribution in [0, 0.1) is 6.92 Å². The molecule has 0 aliphatic rings. The van der Waals surface area contributed by atoms with Crippen LogP contribution in [-0.4, -0.2) is 28.6 Å². The molecular formula is C18H14Cl2N2O5. The van der Waals surface area contributed by atoms with Gasteiger partial charge in [0.2, 0.25) is 0 Å². The van der Waals surface area contributed by atoms with E-state index >= 15 is 0 Å². The van der Waals surface area contributed by atoms with E-state index < -0.39 is 18.5 Å². The van der Waals surface area contributed by atoms with Crippen LogP contribution in [-0.2, 0) is 20.7 Å². The molecule has 1 amide bonds. The summed E-state index contributed by atoms with van der Waals surface area (Å²) >= 11 is 11.9. The van der Waals surface area contributed by atoms with Crippen molar-refractivity contribution in [3.05, 3.63) is 51.8 Å². The Labute approximate surface area is 163 Å². The van der Waals surface area contributed by atoms with Crippen LogP contribution < -0.4 is 5.32 Å². The lowest BCUT2D eigenvalue weighted by Crippen LogP contribution is -2.22. The number of benzene rings is 1. The van der Waals surface area contributed by atoms with Crippen molar-refractivity contribution >= 4 is 51.9 Å². The highest BCUT2D eigenvalue weighted by Gasteiger charge is 2.15. The van der Waals surface area contributed by atoms with Crippen molar-refractivity contribution in [1.82, 2.24) is 4.98 Å². The van der Waals surface area contributed by atoms with E-state index in [0.29, 0.717) is 27.2 Å². The number of phenols is 1. The Morgan fingerprint density at radius 2 is 2.04 bits per heavy atom. The zero-order valence-corrected chi connectivity index (χ0v) is 15.6. The zero-order chi connectivity index (χ0) is 19.6. The largest absolute Gasteiger partial charge is 0.508 e. The Kier molecular flexibility index (Phi) is 5.53. The number of hydrogen-bond donors (Lipinski definition) is 2. The first-order valence-corrected chi connectivity index (χ1v) is 8.56. The van der Waals surface area contributed by atoms with Gasteiger partial charge in [0.1, 0.15) is 11.3 Å². The second kappa shape index (κ2) is 7.85. The van der Waals surface area contributed by atoms with E-state index in [4.69, 9.17) is 32.4 Å². The van der Waals surface area contributed by atoms with Crippen LogP contribution in [0.15, 0.2) is 34.9 Å². The summed E-state index contributed by atoms with van der Waals surface area (Å²) in [4.78, 5) is 28.0. The first-order valence-electron chi connectivity index (χ1n) is 7.80. The number of esters is 1. The van der Waals surface area contributed by atoms with Crippen LogP contribution in [0.3, 0.4) is 0 Å². The maximum atomic E-state index is 12.0. The second-order valence-electron chi connectivity index (χ2n) is 5.71. The number of carbonyl (C=O) groups is 2. The van der Waals surface area contributed by atoms with Gasteiger partial charge in [-0.05, 0) is 25.1 Å². The van der Waals surface area contributed by atoms with E-state index in [-0.39, 0.29) is 23.0 Å². The Morgan fingerprint density at radius 3 is 2.81 bits per heavy atom. The van der Waals surface area contributed by atoms with Gasteiger partial charge in [-0.25, -0.2) is 4.98 Å². The van der Waals surface area contributed by atoms with E-state index in [1.54, 1.807) is 13.0 Å². The normalized spacial score (nSPS) is 10.8. The number of aryl methyl sites for hydroxylation is 1. The lowest BCUT2D eigenvalue weighted by Gasteiger charge is -2.09. The monoisotopic (exact) mass is 408 g/mol. The molecule has 2 heterocycles. The smallest absolute Gasteiger partial charge is 0.310 e. The minimum absolute atomic E-state index is 0.0624. The molecule has 0 atom stereocenters. The average molecular weight is 409 g/mol. The van der Waals surface area contributed by atoms with Crippen LogP contribution in [0.1, 0.15) is 11.3 Å². The van der Waals surface area contributed by atoms with E-state index in [9.17, 15) is 14.7 Å². The van der Waals surface area contributed by atoms with Gasteiger partial charge in [0.15, 0.2) is 12.4 Å². The molecule has 0 fully saturated rings. The van der Waals surface area contributed by atoms with Gasteiger partial charge in [-0.15, -0.1) is 0 Å². The lowest BCUT2D eigenvalue weighted by molar-refractivity contribution is -0.146. The number of rotatable bonds is 5. The molecule has 0 unspecified atom stereocenters. The summed E-state index contributed by atoms with van der Waals surface area (Å²) < 4.78 is 10.3. The highest BCUT2D eigenvalue weighted by molar-refractivity contribution is 6.36. The number of halogens is 2. The Morgan fingerprint density at radius 1 is 1.26 bits per heavy atom. The summed E-state index contributed by atoms with van der Waals surface area (Å²) in [5, 5.41) is 13.1. The van der Waals surface area contributed by atoms with Gasteiger partial charge >= 0.3 is 5.97 Å². The SMILES string of the molecule is Cc1nc(NC(=O)COC(=O)Cc2coc3cc(O)ccc23)c(Cl)cc1Cl. The maximum Gasteiger partial charge on any atom is 0.310 e. The average Bonchev–Trinajstić information content (AvgIpc) is 2.99. The van der Waals surface area contributed by atoms with Gasteiger partial charge in [-0.1, -0.05) is 23.2 Å². The van der Waals surface area contributed by atoms with Crippen LogP contribution in [0.25, 0.3) is 11.0 Å². The molecule has 0 bridgehead atoms. The lowest BCUT2D eigenvalue weighted by atomic mass is 10.1. The highest BCUT2D eigenvalue weighted by Crippen LogP contribution is 2.26. The third-order valence-electron chi connectivity index (χ3n) is 3.70. The second-order valence-corrected chi connectivity index (χ2v) is 6.53. The molecule has 27 heavy (non-hydrogen) atoms. The number of phenolic OH excluding ortho intramolecular Hbond substituents is 1. The highest BCUT2D eigenvalue weighted by atomic mass is 35.5. The molecule has 140 valence electrons. The third kappa shape index (κ3) is 4.50. The van der Waals surface area contributed by atoms with Gasteiger partial charge in [-0.3, -0.25) is 9.59 Å². The first-order chi connectivity index (χ1) is 12.8. The van der Waals surface area contributed by atoms with Crippen molar-refractivity contribution in [3.63, 3.8) is 0 Å². The van der Waals surface area contributed by atoms with E-state index in [1.807, 2.05) is 0 Å². The summed E-state index contributed by atoms with van der Waals surface area (Å²) in [7, 11) is 0. The molecule has 0 spiro atoms. The van der Waals surface area contributed by atoms with Gasteiger partial charge < -0.3 is 19.6 Å². The quantitative estimate of drug-likeness (QED) is 0.621. The molecule has 7 nitrogen and oxygen atoms in total. The molecule has 0 saturated heterocycles. The Bertz CT molecular complexity index is 1030. The van der Waals surface area contributed by atoms with Gasteiger partial charge in [0.05, 0.1) is 28.4 Å². The van der Waals surface area contributed by atoms with Crippen LogP contribution >= 0.6 is 23.2 Å². The molecular weight excluding hydrogens is 395 g/mol. The molecule has 0 radical (unpaired) electrons. The molecule has 9 heteroatoms. The molecule has 3 rings (SSSR count). The molecule has 2 N–H and O–H groups in total.